The van der Waals surface area contributed by atoms with E-state index in [0.29, 0.717) is 17.9 Å². The minimum atomic E-state index is -0.254. The van der Waals surface area contributed by atoms with Crippen LogP contribution < -0.4 is 0 Å². The highest BCUT2D eigenvalue weighted by Crippen LogP contribution is 2.38. The van der Waals surface area contributed by atoms with Gasteiger partial charge >= 0.3 is 0 Å². The maximum Gasteiger partial charge on any atom is 0.138 e. The van der Waals surface area contributed by atoms with E-state index in [9.17, 15) is 4.79 Å². The van der Waals surface area contributed by atoms with Crippen molar-refractivity contribution in [3.63, 3.8) is 0 Å². The summed E-state index contributed by atoms with van der Waals surface area (Å²) in [4.78, 5) is 12.0. The van der Waals surface area contributed by atoms with Gasteiger partial charge in [-0.05, 0) is 17.2 Å². The molecule has 0 saturated carbocycles. The summed E-state index contributed by atoms with van der Waals surface area (Å²) < 4.78 is 6.10. The van der Waals surface area contributed by atoms with Crippen LogP contribution in [-0.2, 0) is 9.53 Å². The highest BCUT2D eigenvalue weighted by Gasteiger charge is 2.30. The van der Waals surface area contributed by atoms with Crippen LogP contribution in [0.15, 0.2) is 54.6 Å². The Bertz CT molecular complexity index is 609. The predicted molar refractivity (Wildman–Crippen MR) is 78.7 cm³/mol. The minimum Gasteiger partial charge on any atom is -0.365 e. The highest BCUT2D eigenvalue weighted by atomic mass is 35.5. The first-order chi connectivity index (χ1) is 9.74. The molecule has 102 valence electrons. The average Bonchev–Trinajstić information content (AvgIpc) is 2.48. The molecule has 0 N–H and O–H groups in total. The van der Waals surface area contributed by atoms with Gasteiger partial charge in [-0.25, -0.2) is 0 Å². The molecule has 3 rings (SSSR count). The summed E-state index contributed by atoms with van der Waals surface area (Å²) in [6.07, 6.45) is 0.395. The summed E-state index contributed by atoms with van der Waals surface area (Å²) >= 11 is 6.21. The number of carbonyl (C=O) groups excluding carboxylic acids is 1. The van der Waals surface area contributed by atoms with Crippen molar-refractivity contribution >= 4 is 17.4 Å². The molecule has 0 unspecified atom stereocenters. The fraction of sp³-hybridized carbons (Fsp3) is 0.235. The molecule has 2 atom stereocenters. The molecule has 2 aromatic rings. The van der Waals surface area contributed by atoms with Crippen LogP contribution in [0, 0.1) is 0 Å². The fourth-order valence-corrected chi connectivity index (χ4v) is 2.83. The summed E-state index contributed by atoms with van der Waals surface area (Å²) in [7, 11) is 0. The molecule has 1 heterocycles. The van der Waals surface area contributed by atoms with Crippen molar-refractivity contribution in [2.24, 2.45) is 0 Å². The first-order valence-electron chi connectivity index (χ1n) is 6.70. The first-order valence-corrected chi connectivity index (χ1v) is 7.08. The molecule has 0 amide bonds. The predicted octanol–water partition coefficient (Wildman–Crippen LogP) is 4.50. The molecule has 0 radical (unpaired) electrons. The number of ketones is 1. The zero-order valence-corrected chi connectivity index (χ0v) is 11.7. The molecule has 1 aliphatic rings. The lowest BCUT2D eigenvalue weighted by atomic mass is 9.94. The molecule has 1 aliphatic heterocycles. The molecule has 0 bridgehead atoms. The summed E-state index contributed by atoms with van der Waals surface area (Å²) in [5, 5.41) is 0.652. The quantitative estimate of drug-likeness (QED) is 0.812. The van der Waals surface area contributed by atoms with Gasteiger partial charge in [-0.3, -0.25) is 4.79 Å². The summed E-state index contributed by atoms with van der Waals surface area (Å²) in [5.74, 6) is 0.218. The van der Waals surface area contributed by atoms with Crippen LogP contribution in [0.3, 0.4) is 0 Å². The van der Waals surface area contributed by atoms with Gasteiger partial charge in [0.1, 0.15) is 5.78 Å². The van der Waals surface area contributed by atoms with E-state index in [1.54, 1.807) is 0 Å². The van der Waals surface area contributed by atoms with Gasteiger partial charge in [-0.15, -0.1) is 0 Å². The number of rotatable bonds is 2. The fourth-order valence-electron chi connectivity index (χ4n) is 2.57. The van der Waals surface area contributed by atoms with E-state index in [4.69, 9.17) is 16.3 Å². The van der Waals surface area contributed by atoms with Gasteiger partial charge in [0.15, 0.2) is 0 Å². The van der Waals surface area contributed by atoms with E-state index >= 15 is 0 Å². The van der Waals surface area contributed by atoms with Gasteiger partial charge in [-0.2, -0.15) is 0 Å². The topological polar surface area (TPSA) is 26.3 Å². The van der Waals surface area contributed by atoms with Crippen molar-refractivity contribution in [3.05, 3.63) is 70.7 Å². The highest BCUT2D eigenvalue weighted by molar-refractivity contribution is 6.31. The maximum atomic E-state index is 12.0. The second-order valence-corrected chi connectivity index (χ2v) is 5.40. The van der Waals surface area contributed by atoms with E-state index in [1.165, 1.54) is 0 Å². The smallest absolute Gasteiger partial charge is 0.138 e. The van der Waals surface area contributed by atoms with Crippen LogP contribution in [0.2, 0.25) is 5.02 Å². The lowest BCUT2D eigenvalue weighted by molar-refractivity contribution is -0.136. The Kier molecular flexibility index (Phi) is 3.86. The lowest BCUT2D eigenvalue weighted by Crippen LogP contribution is -2.23. The van der Waals surface area contributed by atoms with Crippen molar-refractivity contribution in [1.29, 1.82) is 0 Å². The third-order valence-electron chi connectivity index (χ3n) is 3.58. The van der Waals surface area contributed by atoms with E-state index in [1.807, 2.05) is 54.6 Å². The average molecular weight is 287 g/mol. The Balaban J connectivity index is 1.87. The Morgan fingerprint density at radius 2 is 1.55 bits per heavy atom. The van der Waals surface area contributed by atoms with Crippen LogP contribution in [0.5, 0.6) is 0 Å². The molecule has 0 aliphatic carbocycles. The number of ether oxygens (including phenoxy) is 1. The van der Waals surface area contributed by atoms with E-state index < -0.39 is 0 Å². The molecule has 20 heavy (non-hydrogen) atoms. The van der Waals surface area contributed by atoms with E-state index in [2.05, 4.69) is 0 Å². The van der Waals surface area contributed by atoms with Crippen molar-refractivity contribution in [2.45, 2.75) is 25.0 Å². The maximum absolute atomic E-state index is 12.0. The van der Waals surface area contributed by atoms with Crippen LogP contribution in [0.1, 0.15) is 36.2 Å². The second-order valence-electron chi connectivity index (χ2n) is 4.99. The van der Waals surface area contributed by atoms with Gasteiger partial charge in [0.05, 0.1) is 12.2 Å². The SMILES string of the molecule is O=C1C[C@@H](c2ccccc2)O[C@H](c2ccccc2Cl)C1. The molecule has 2 nitrogen and oxygen atoms in total. The third-order valence-corrected chi connectivity index (χ3v) is 3.92. The number of carbonyl (C=O) groups is 1. The summed E-state index contributed by atoms with van der Waals surface area (Å²) in [6.45, 7) is 0. The lowest BCUT2D eigenvalue weighted by Gasteiger charge is -2.30. The molecule has 1 fully saturated rings. The third kappa shape index (κ3) is 2.77. The summed E-state index contributed by atoms with van der Waals surface area (Å²) in [5.41, 5.74) is 1.93. The monoisotopic (exact) mass is 286 g/mol. The Hall–Kier alpha value is -1.64. The number of Topliss-reactive ketones (excluding diaryl/α,β-unsaturated/α-hetero) is 1. The second kappa shape index (κ2) is 5.78. The molecule has 0 spiro atoms. The minimum absolute atomic E-state index is 0.182. The Morgan fingerprint density at radius 3 is 2.30 bits per heavy atom. The van der Waals surface area contributed by atoms with Crippen LogP contribution >= 0.6 is 11.6 Å². The van der Waals surface area contributed by atoms with Crippen molar-refractivity contribution in [2.75, 3.05) is 0 Å². The standard InChI is InChI=1S/C17H15ClO2/c18-15-9-5-4-8-14(15)17-11-13(19)10-16(20-17)12-6-2-1-3-7-12/h1-9,16-17H,10-11H2/t16-,17-/m0/s1. The first kappa shape index (κ1) is 13.3. The van der Waals surface area contributed by atoms with Gasteiger partial charge in [0.25, 0.3) is 0 Å². The van der Waals surface area contributed by atoms with Crippen LogP contribution in [0.25, 0.3) is 0 Å². The normalized spacial score (nSPS) is 22.8. The summed E-state index contributed by atoms with van der Waals surface area (Å²) in [6, 6.07) is 17.4. The molecule has 2 aromatic carbocycles. The number of hydrogen-bond acceptors (Lipinski definition) is 2. The van der Waals surface area contributed by atoms with Crippen molar-refractivity contribution in [1.82, 2.24) is 0 Å². The number of hydrogen-bond donors (Lipinski definition) is 0. The number of halogens is 1. The van der Waals surface area contributed by atoms with E-state index in [-0.39, 0.29) is 18.0 Å². The van der Waals surface area contributed by atoms with Gasteiger partial charge < -0.3 is 4.74 Å². The molecular formula is C17H15ClO2. The van der Waals surface area contributed by atoms with Crippen molar-refractivity contribution < 1.29 is 9.53 Å². The van der Waals surface area contributed by atoms with Gasteiger partial charge in [0.2, 0.25) is 0 Å². The van der Waals surface area contributed by atoms with E-state index in [0.717, 1.165) is 11.1 Å². The Labute approximate surface area is 123 Å². The largest absolute Gasteiger partial charge is 0.365 e. The zero-order chi connectivity index (χ0) is 13.9. The van der Waals surface area contributed by atoms with Gasteiger partial charge in [0, 0.05) is 17.9 Å². The number of benzene rings is 2. The zero-order valence-electron chi connectivity index (χ0n) is 11.0. The molecule has 3 heteroatoms. The Morgan fingerprint density at radius 1 is 0.900 bits per heavy atom. The van der Waals surface area contributed by atoms with Crippen molar-refractivity contribution in [3.8, 4) is 0 Å². The van der Waals surface area contributed by atoms with Gasteiger partial charge in [-0.1, -0.05) is 60.1 Å². The molecule has 0 aromatic heterocycles. The van der Waals surface area contributed by atoms with Crippen LogP contribution in [0.4, 0.5) is 0 Å². The van der Waals surface area contributed by atoms with Crippen LogP contribution in [-0.4, -0.2) is 5.78 Å². The molecular weight excluding hydrogens is 272 g/mol. The molecule has 1 saturated heterocycles.